The van der Waals surface area contributed by atoms with Gasteiger partial charge in [-0.1, -0.05) is 255 Å². The van der Waals surface area contributed by atoms with Crippen molar-refractivity contribution in [1.29, 1.82) is 0 Å². The average Bonchev–Trinajstić information content (AvgIpc) is 3.25. The molecule has 5 aromatic carbocycles. The van der Waals surface area contributed by atoms with E-state index in [1.54, 1.807) is 18.2 Å². The van der Waals surface area contributed by atoms with Gasteiger partial charge in [0.1, 0.15) is 0 Å². The molecule has 0 radical (unpaired) electrons. The molecule has 0 aromatic heterocycles. The van der Waals surface area contributed by atoms with Crippen LogP contribution >= 0.6 is 0 Å². The summed E-state index contributed by atoms with van der Waals surface area (Å²) in [5.41, 5.74) is 17.0. The Morgan fingerprint density at radius 1 is 0.508 bits per heavy atom. The van der Waals surface area contributed by atoms with Crippen LogP contribution in [-0.2, 0) is 0 Å². The molecule has 5 aromatic rings. The summed E-state index contributed by atoms with van der Waals surface area (Å²) in [5, 5.41) is 0. The molecule has 0 bridgehead atoms. The first-order chi connectivity index (χ1) is 29.2. The topological polar surface area (TPSA) is 0 Å². The lowest BCUT2D eigenvalue weighted by atomic mass is 9.95. The van der Waals surface area contributed by atoms with Gasteiger partial charge in [0.25, 0.3) is 0 Å². The summed E-state index contributed by atoms with van der Waals surface area (Å²) < 4.78 is 0. The Morgan fingerprint density at radius 3 is 1.28 bits per heavy atom. The van der Waals surface area contributed by atoms with Crippen LogP contribution in [0.1, 0.15) is 94.7 Å². The van der Waals surface area contributed by atoms with Gasteiger partial charge in [-0.05, 0) is 122 Å². The van der Waals surface area contributed by atoms with E-state index in [-0.39, 0.29) is 0 Å². The fourth-order valence-corrected chi connectivity index (χ4v) is 5.19. The number of allylic oxidation sites excluding steroid dienone is 12. The van der Waals surface area contributed by atoms with E-state index in [1.165, 1.54) is 79.6 Å². The van der Waals surface area contributed by atoms with Gasteiger partial charge in [0, 0.05) is 0 Å². The summed E-state index contributed by atoms with van der Waals surface area (Å²) >= 11 is 0. The van der Waals surface area contributed by atoms with Crippen LogP contribution in [0.3, 0.4) is 0 Å². The van der Waals surface area contributed by atoms with Crippen LogP contribution in [0.15, 0.2) is 219 Å². The summed E-state index contributed by atoms with van der Waals surface area (Å²) in [6.07, 6.45) is 20.1. The number of hydrogen-bond donors (Lipinski definition) is 0. The lowest BCUT2D eigenvalue weighted by molar-refractivity contribution is 1.02. The second-order valence-corrected chi connectivity index (χ2v) is 14.7. The second kappa shape index (κ2) is 37.1. The number of aryl methyl sites for hydroxylation is 6. The molecule has 0 spiro atoms. The highest BCUT2D eigenvalue weighted by atomic mass is 14.1. The Kier molecular flexibility index (Phi) is 34.7. The van der Waals surface area contributed by atoms with E-state index in [2.05, 4.69) is 196 Å². The maximum absolute atomic E-state index is 3.66. The molecule has 0 saturated carbocycles. The Morgan fingerprint density at radius 2 is 0.967 bits per heavy atom. The van der Waals surface area contributed by atoms with E-state index in [0.717, 1.165) is 5.57 Å². The molecule has 0 atom stereocenters. The fraction of sp³-hybridized carbons (Fsp3) is 0.246. The summed E-state index contributed by atoms with van der Waals surface area (Å²) in [6, 6.07) is 42.7. The quantitative estimate of drug-likeness (QED) is 0.155. The molecule has 0 unspecified atom stereocenters. The van der Waals surface area contributed by atoms with Crippen molar-refractivity contribution in [3.63, 3.8) is 0 Å². The zero-order chi connectivity index (χ0) is 46.4. The normalized spacial score (nSPS) is 10.1. The molecule has 0 N–H and O–H groups in total. The van der Waals surface area contributed by atoms with Crippen LogP contribution in [0.25, 0.3) is 22.3 Å². The monoisotopic (exact) mass is 813 g/mol. The Balaban J connectivity index is 0. The maximum Gasteiger partial charge on any atom is -0.0149 e. The van der Waals surface area contributed by atoms with Crippen LogP contribution in [-0.4, -0.2) is 0 Å². The molecule has 0 nitrogen and oxygen atoms in total. The molecule has 324 valence electrons. The molecule has 0 amide bonds. The van der Waals surface area contributed by atoms with Crippen LogP contribution in [0.5, 0.6) is 0 Å². The molecule has 0 aliphatic heterocycles. The van der Waals surface area contributed by atoms with Crippen molar-refractivity contribution >= 4 is 0 Å². The van der Waals surface area contributed by atoms with Crippen LogP contribution in [0.2, 0.25) is 0 Å². The van der Waals surface area contributed by atoms with Gasteiger partial charge >= 0.3 is 0 Å². The highest BCUT2D eigenvalue weighted by molar-refractivity contribution is 5.71. The zero-order valence-electron chi connectivity index (χ0n) is 40.5. The van der Waals surface area contributed by atoms with E-state index in [0.29, 0.717) is 0 Å². The first-order valence-electron chi connectivity index (χ1n) is 21.6. The molecular formula is C61H80. The molecule has 0 fully saturated rings. The summed E-state index contributed by atoms with van der Waals surface area (Å²) in [5.74, 6) is 0. The first kappa shape index (κ1) is 57.1. The van der Waals surface area contributed by atoms with Crippen LogP contribution < -0.4 is 0 Å². The third kappa shape index (κ3) is 30.7. The minimum Gasteiger partial charge on any atom is -0.0991 e. The highest BCUT2D eigenvalue weighted by Crippen LogP contribution is 2.27. The standard InChI is InChI=1S/C15H16.C14H14.C7H10.C7H8.2C6H10.C4H6.C2H6/c1-11-8-9-13(3)15(10-11)14-7-5-4-6-12(14)2;1-11-3-7-13(8-4-11)14-9-5-12(2)6-10-14;2*1-7-5-3-2-4-6-7;2*1-4-5-6(2)3;1-3-4-2;1-2/h4-10H,1-3H3;3-10H,1-2H3;3,5-6H,2,4H2,1H3;2-6H,1H3;4-5H,2H2,1,3H3;4-5H,1H2,2-3H3;3-4H,1-2H2;1-2H3/b;;;;5-4-;;;. The first-order valence-corrected chi connectivity index (χ1v) is 21.6. The molecule has 61 heavy (non-hydrogen) atoms. The van der Waals surface area contributed by atoms with E-state index < -0.39 is 0 Å². The van der Waals surface area contributed by atoms with Crippen molar-refractivity contribution in [1.82, 2.24) is 0 Å². The number of hydrogen-bond acceptors (Lipinski definition) is 0. The number of benzene rings is 5. The lowest BCUT2D eigenvalue weighted by Gasteiger charge is -2.09. The van der Waals surface area contributed by atoms with Crippen LogP contribution in [0, 0.1) is 41.5 Å². The van der Waals surface area contributed by atoms with Crippen molar-refractivity contribution in [2.45, 2.75) is 103 Å². The molecule has 0 heterocycles. The molecular weight excluding hydrogens is 733 g/mol. The SMILES string of the molecule is C=C(C)/C=C\C.C=CC=C.C=CC=C(C)C.CC.CC1=CCCC=C1.Cc1ccc(-c2ccc(C)cc2)cc1.Cc1ccc(C)c(-c2ccccc2C)c1.Cc1ccccc1. The van der Waals surface area contributed by atoms with Gasteiger partial charge in [-0.2, -0.15) is 0 Å². The second-order valence-electron chi connectivity index (χ2n) is 14.7. The Hall–Kier alpha value is -5.98. The van der Waals surface area contributed by atoms with Gasteiger partial charge in [0.15, 0.2) is 0 Å². The van der Waals surface area contributed by atoms with Gasteiger partial charge < -0.3 is 0 Å². The minimum atomic E-state index is 1.11. The molecule has 6 rings (SSSR count). The van der Waals surface area contributed by atoms with E-state index >= 15 is 0 Å². The lowest BCUT2D eigenvalue weighted by Crippen LogP contribution is -1.87. The smallest absolute Gasteiger partial charge is 0.0149 e. The summed E-state index contributed by atoms with van der Waals surface area (Å²) in [4.78, 5) is 0. The molecule has 0 saturated heterocycles. The highest BCUT2D eigenvalue weighted by Gasteiger charge is 2.04. The third-order valence-electron chi connectivity index (χ3n) is 8.45. The predicted octanol–water partition coefficient (Wildman–Crippen LogP) is 19.2. The molecule has 0 heteroatoms. The zero-order valence-corrected chi connectivity index (χ0v) is 40.5. The fourth-order valence-electron chi connectivity index (χ4n) is 5.19. The maximum atomic E-state index is 3.66. The summed E-state index contributed by atoms with van der Waals surface area (Å²) in [6.45, 7) is 40.9. The van der Waals surface area contributed by atoms with Crippen molar-refractivity contribution in [3.8, 4) is 22.3 Å². The molecule has 1 aliphatic carbocycles. The van der Waals surface area contributed by atoms with Gasteiger partial charge in [-0.15, -0.1) is 0 Å². The predicted molar refractivity (Wildman–Crippen MR) is 282 cm³/mol. The largest absolute Gasteiger partial charge is 0.0991 e. The van der Waals surface area contributed by atoms with Crippen molar-refractivity contribution in [2.24, 2.45) is 0 Å². The van der Waals surface area contributed by atoms with Gasteiger partial charge in [0.05, 0.1) is 0 Å². The van der Waals surface area contributed by atoms with E-state index in [9.17, 15) is 0 Å². The summed E-state index contributed by atoms with van der Waals surface area (Å²) in [7, 11) is 0. The Labute approximate surface area is 375 Å². The van der Waals surface area contributed by atoms with Crippen molar-refractivity contribution < 1.29 is 0 Å². The van der Waals surface area contributed by atoms with Gasteiger partial charge in [-0.3, -0.25) is 0 Å². The average molecular weight is 813 g/mol. The van der Waals surface area contributed by atoms with Gasteiger partial charge in [-0.25, -0.2) is 0 Å². The minimum absolute atomic E-state index is 1.11. The van der Waals surface area contributed by atoms with Gasteiger partial charge in [0.2, 0.25) is 0 Å². The molecule has 1 aliphatic rings. The van der Waals surface area contributed by atoms with E-state index in [4.69, 9.17) is 0 Å². The Bertz CT molecular complexity index is 1990. The van der Waals surface area contributed by atoms with Crippen molar-refractivity contribution in [3.05, 3.63) is 252 Å². The van der Waals surface area contributed by atoms with E-state index in [1.807, 2.05) is 78.0 Å². The van der Waals surface area contributed by atoms with Crippen molar-refractivity contribution in [2.75, 3.05) is 0 Å². The van der Waals surface area contributed by atoms with Crippen LogP contribution in [0.4, 0.5) is 0 Å². The third-order valence-corrected chi connectivity index (χ3v) is 8.45. The number of rotatable bonds is 5.